The highest BCUT2D eigenvalue weighted by atomic mass is 32.1. The third-order valence-electron chi connectivity index (χ3n) is 4.84. The molecule has 0 aromatic carbocycles. The van der Waals surface area contributed by atoms with Gasteiger partial charge in [-0.05, 0) is 61.9 Å². The second-order valence-corrected chi connectivity index (χ2v) is 7.67. The molecule has 5 nitrogen and oxygen atoms in total. The standard InChI is InChI=1S/C20H21N3O2S/c1-13-10-16(15(3)23(13)19-11-14(2)25-21-19)4-5-20(24)22-8-6-18-17(12-22)7-9-26-18/h4-5,7,9-11H,6,8,12H2,1-3H3. The Morgan fingerprint density at radius 2 is 2.15 bits per heavy atom. The van der Waals surface area contributed by atoms with Crippen molar-refractivity contribution in [1.29, 1.82) is 0 Å². The number of carbonyl (C=O) groups is 1. The summed E-state index contributed by atoms with van der Waals surface area (Å²) in [7, 11) is 0. The van der Waals surface area contributed by atoms with Crippen LogP contribution < -0.4 is 0 Å². The van der Waals surface area contributed by atoms with E-state index in [1.54, 1.807) is 17.4 Å². The van der Waals surface area contributed by atoms with Gasteiger partial charge >= 0.3 is 0 Å². The van der Waals surface area contributed by atoms with Crippen molar-refractivity contribution in [3.63, 3.8) is 0 Å². The fourth-order valence-electron chi connectivity index (χ4n) is 3.47. The molecule has 4 heterocycles. The second kappa shape index (κ2) is 6.61. The number of aryl methyl sites for hydroxylation is 2. The van der Waals surface area contributed by atoms with Crippen LogP contribution in [0.2, 0.25) is 0 Å². The van der Waals surface area contributed by atoms with Crippen molar-refractivity contribution < 1.29 is 9.32 Å². The second-order valence-electron chi connectivity index (χ2n) is 6.67. The van der Waals surface area contributed by atoms with Gasteiger partial charge in [-0.25, -0.2) is 0 Å². The zero-order valence-electron chi connectivity index (χ0n) is 15.2. The van der Waals surface area contributed by atoms with Crippen molar-refractivity contribution in [1.82, 2.24) is 14.6 Å². The highest BCUT2D eigenvalue weighted by molar-refractivity contribution is 7.10. The summed E-state index contributed by atoms with van der Waals surface area (Å²) in [6.45, 7) is 7.42. The first-order valence-electron chi connectivity index (χ1n) is 8.68. The van der Waals surface area contributed by atoms with Crippen LogP contribution in [0.15, 0.2) is 34.2 Å². The summed E-state index contributed by atoms with van der Waals surface area (Å²) in [5.41, 5.74) is 4.40. The van der Waals surface area contributed by atoms with Crippen LogP contribution in [0, 0.1) is 20.8 Å². The van der Waals surface area contributed by atoms with Crippen LogP contribution in [0.25, 0.3) is 11.9 Å². The Labute approximate surface area is 156 Å². The van der Waals surface area contributed by atoms with Crippen molar-refractivity contribution in [2.75, 3.05) is 6.54 Å². The van der Waals surface area contributed by atoms with Crippen molar-refractivity contribution in [2.24, 2.45) is 0 Å². The quantitative estimate of drug-likeness (QED) is 0.656. The van der Waals surface area contributed by atoms with Crippen LogP contribution in [0.3, 0.4) is 0 Å². The summed E-state index contributed by atoms with van der Waals surface area (Å²) in [5.74, 6) is 1.60. The van der Waals surface area contributed by atoms with E-state index in [2.05, 4.69) is 22.7 Å². The van der Waals surface area contributed by atoms with E-state index in [-0.39, 0.29) is 5.91 Å². The van der Waals surface area contributed by atoms with Crippen LogP contribution in [0.1, 0.15) is 33.2 Å². The van der Waals surface area contributed by atoms with Gasteiger partial charge in [-0.15, -0.1) is 11.3 Å². The number of amides is 1. The lowest BCUT2D eigenvalue weighted by molar-refractivity contribution is -0.126. The highest BCUT2D eigenvalue weighted by Crippen LogP contribution is 2.25. The lowest BCUT2D eigenvalue weighted by Crippen LogP contribution is -2.34. The lowest BCUT2D eigenvalue weighted by atomic mass is 10.1. The molecule has 0 saturated carbocycles. The molecular weight excluding hydrogens is 346 g/mol. The first-order valence-corrected chi connectivity index (χ1v) is 9.56. The normalized spacial score (nSPS) is 14.2. The van der Waals surface area contributed by atoms with E-state index in [0.717, 1.165) is 41.5 Å². The van der Waals surface area contributed by atoms with E-state index in [4.69, 9.17) is 4.52 Å². The molecule has 0 bridgehead atoms. The van der Waals surface area contributed by atoms with Gasteiger partial charge in [0.05, 0.1) is 0 Å². The molecule has 6 heteroatoms. The maximum atomic E-state index is 12.6. The average Bonchev–Trinajstić information content (AvgIpc) is 3.31. The number of nitrogens with zero attached hydrogens (tertiary/aromatic N) is 3. The Morgan fingerprint density at radius 1 is 1.31 bits per heavy atom. The fourth-order valence-corrected chi connectivity index (χ4v) is 4.36. The molecule has 0 radical (unpaired) electrons. The van der Waals surface area contributed by atoms with E-state index in [0.29, 0.717) is 6.54 Å². The third-order valence-corrected chi connectivity index (χ3v) is 5.86. The van der Waals surface area contributed by atoms with Crippen LogP contribution in [-0.2, 0) is 17.8 Å². The fraction of sp³-hybridized carbons (Fsp3) is 0.300. The largest absolute Gasteiger partial charge is 0.360 e. The van der Waals surface area contributed by atoms with Crippen molar-refractivity contribution in [3.8, 4) is 5.82 Å². The molecule has 0 saturated heterocycles. The predicted octanol–water partition coefficient (Wildman–Crippen LogP) is 4.05. The minimum absolute atomic E-state index is 0.0592. The van der Waals surface area contributed by atoms with E-state index >= 15 is 0 Å². The molecule has 134 valence electrons. The van der Waals surface area contributed by atoms with Crippen molar-refractivity contribution in [2.45, 2.75) is 33.7 Å². The van der Waals surface area contributed by atoms with Crippen molar-refractivity contribution >= 4 is 23.3 Å². The molecule has 1 aliphatic heterocycles. The van der Waals surface area contributed by atoms with E-state index in [1.165, 1.54) is 10.4 Å². The Balaban J connectivity index is 1.53. The summed E-state index contributed by atoms with van der Waals surface area (Å²) >= 11 is 1.78. The Kier molecular flexibility index (Phi) is 4.28. The number of carbonyl (C=O) groups excluding carboxylic acids is 1. The predicted molar refractivity (Wildman–Crippen MR) is 103 cm³/mol. The molecular formula is C20H21N3O2S. The van der Waals surface area contributed by atoms with Gasteiger partial charge in [0.15, 0.2) is 5.82 Å². The first kappa shape index (κ1) is 16.8. The minimum Gasteiger partial charge on any atom is -0.360 e. The Hall–Kier alpha value is -2.60. The molecule has 3 aromatic heterocycles. The number of hydrogen-bond acceptors (Lipinski definition) is 4. The minimum atomic E-state index is 0.0592. The number of aromatic nitrogens is 2. The van der Waals surface area contributed by atoms with E-state index < -0.39 is 0 Å². The Bertz CT molecular complexity index is 993. The number of fused-ring (bicyclic) bond motifs is 1. The van der Waals surface area contributed by atoms with Gasteiger partial charge in [-0.1, -0.05) is 5.16 Å². The molecule has 1 amide bonds. The van der Waals surface area contributed by atoms with Gasteiger partial charge in [0.1, 0.15) is 5.76 Å². The molecule has 0 unspecified atom stereocenters. The maximum Gasteiger partial charge on any atom is 0.246 e. The lowest BCUT2D eigenvalue weighted by Gasteiger charge is -2.25. The summed E-state index contributed by atoms with van der Waals surface area (Å²) in [4.78, 5) is 15.9. The third kappa shape index (κ3) is 3.01. The van der Waals surface area contributed by atoms with Gasteiger partial charge in [-0.3, -0.25) is 9.36 Å². The number of thiophene rings is 1. The molecule has 4 rings (SSSR count). The van der Waals surface area contributed by atoms with Crippen LogP contribution in [-0.4, -0.2) is 27.1 Å². The zero-order chi connectivity index (χ0) is 18.3. The summed E-state index contributed by atoms with van der Waals surface area (Å²) in [6.07, 6.45) is 4.53. The number of rotatable bonds is 3. The number of hydrogen-bond donors (Lipinski definition) is 0. The first-order chi connectivity index (χ1) is 12.5. The van der Waals surface area contributed by atoms with Gasteiger partial charge in [0, 0.05) is 41.5 Å². The molecule has 0 spiro atoms. The summed E-state index contributed by atoms with van der Waals surface area (Å²) < 4.78 is 7.23. The van der Waals surface area contributed by atoms with Crippen LogP contribution in [0.5, 0.6) is 0 Å². The van der Waals surface area contributed by atoms with Gasteiger partial charge in [-0.2, -0.15) is 0 Å². The highest BCUT2D eigenvalue weighted by Gasteiger charge is 2.20. The topological polar surface area (TPSA) is 51.3 Å². The molecule has 0 aliphatic carbocycles. The van der Waals surface area contributed by atoms with Gasteiger partial charge < -0.3 is 9.42 Å². The maximum absolute atomic E-state index is 12.6. The smallest absolute Gasteiger partial charge is 0.246 e. The van der Waals surface area contributed by atoms with Crippen LogP contribution >= 0.6 is 11.3 Å². The average molecular weight is 367 g/mol. The summed E-state index contributed by atoms with van der Waals surface area (Å²) in [5, 5.41) is 6.20. The Morgan fingerprint density at radius 3 is 2.92 bits per heavy atom. The van der Waals surface area contributed by atoms with Gasteiger partial charge in [0.25, 0.3) is 0 Å². The van der Waals surface area contributed by atoms with Crippen molar-refractivity contribution in [3.05, 3.63) is 62.8 Å². The van der Waals surface area contributed by atoms with E-state index in [1.807, 2.05) is 42.4 Å². The molecule has 0 atom stereocenters. The SMILES string of the molecule is Cc1cc(-n2c(C)cc(C=CC(=O)N3CCc4sccc4C3)c2C)no1. The van der Waals surface area contributed by atoms with Crippen LogP contribution in [0.4, 0.5) is 0 Å². The van der Waals surface area contributed by atoms with E-state index in [9.17, 15) is 4.79 Å². The zero-order valence-corrected chi connectivity index (χ0v) is 16.0. The molecule has 26 heavy (non-hydrogen) atoms. The molecule has 0 N–H and O–H groups in total. The van der Waals surface area contributed by atoms with Gasteiger partial charge in [0.2, 0.25) is 5.91 Å². The molecule has 1 aliphatic rings. The monoisotopic (exact) mass is 367 g/mol. The summed E-state index contributed by atoms with van der Waals surface area (Å²) in [6, 6.07) is 6.10. The molecule has 3 aromatic rings. The molecule has 0 fully saturated rings.